The van der Waals surface area contributed by atoms with Crippen molar-refractivity contribution in [3.05, 3.63) is 54.1 Å². The molecule has 3 rings (SSSR count). The Labute approximate surface area is 142 Å². The molecule has 2 aromatic rings. The number of aliphatic imine (C=N–C) groups is 1. The van der Waals surface area contributed by atoms with E-state index in [4.69, 9.17) is 4.99 Å². The number of benzene rings is 1. The molecule has 1 aromatic carbocycles. The van der Waals surface area contributed by atoms with E-state index in [1.165, 1.54) is 28.5 Å². The van der Waals surface area contributed by atoms with Crippen LogP contribution in [0.4, 0.5) is 0 Å². The number of amidine groups is 1. The van der Waals surface area contributed by atoms with Crippen molar-refractivity contribution in [2.45, 2.75) is 32.9 Å². The van der Waals surface area contributed by atoms with Gasteiger partial charge in [-0.15, -0.1) is 0 Å². The van der Waals surface area contributed by atoms with Crippen LogP contribution in [-0.4, -0.2) is 38.5 Å². The highest BCUT2D eigenvalue weighted by Gasteiger charge is 2.15. The molecule has 0 radical (unpaired) electrons. The van der Waals surface area contributed by atoms with Crippen LogP contribution in [0.1, 0.15) is 24.0 Å². The van der Waals surface area contributed by atoms with E-state index in [2.05, 4.69) is 45.6 Å². The van der Waals surface area contributed by atoms with Crippen molar-refractivity contribution in [1.29, 1.82) is 0 Å². The highest BCUT2D eigenvalue weighted by molar-refractivity contribution is 8.13. The molecule has 23 heavy (non-hydrogen) atoms. The lowest BCUT2D eigenvalue weighted by atomic mass is 10.1. The summed E-state index contributed by atoms with van der Waals surface area (Å²) >= 11 is 1.90. The Balaban J connectivity index is 1.66. The zero-order valence-electron chi connectivity index (χ0n) is 13.7. The number of aromatic nitrogens is 2. The summed E-state index contributed by atoms with van der Waals surface area (Å²) in [7, 11) is 0. The summed E-state index contributed by atoms with van der Waals surface area (Å²) in [5.41, 5.74) is 2.75. The lowest BCUT2D eigenvalue weighted by molar-refractivity contribution is 0.395. The van der Waals surface area contributed by atoms with E-state index < -0.39 is 0 Å². The van der Waals surface area contributed by atoms with Crippen molar-refractivity contribution in [1.82, 2.24) is 14.5 Å². The third-order valence-electron chi connectivity index (χ3n) is 4.08. The van der Waals surface area contributed by atoms with E-state index in [9.17, 15) is 0 Å². The third-order valence-corrected chi connectivity index (χ3v) is 5.22. The van der Waals surface area contributed by atoms with Gasteiger partial charge in [0.05, 0.1) is 6.33 Å². The van der Waals surface area contributed by atoms with E-state index in [0.29, 0.717) is 0 Å². The Hall–Kier alpha value is -1.75. The molecule has 0 unspecified atom stereocenters. The summed E-state index contributed by atoms with van der Waals surface area (Å²) in [5, 5.41) is 1.21. The van der Waals surface area contributed by atoms with Crippen molar-refractivity contribution in [3.8, 4) is 0 Å². The third kappa shape index (κ3) is 4.61. The first-order valence-electron chi connectivity index (χ1n) is 8.25. The smallest absolute Gasteiger partial charge is 0.159 e. The molecule has 0 fully saturated rings. The van der Waals surface area contributed by atoms with Gasteiger partial charge in [0.2, 0.25) is 0 Å². The SMILES string of the molecule is Cc1ccccc1CN(CCCn1ccnc1)C1=NCCCS1. The fourth-order valence-electron chi connectivity index (χ4n) is 2.74. The number of nitrogens with zero attached hydrogens (tertiary/aromatic N) is 4. The first kappa shape index (κ1) is 16.1. The lowest BCUT2D eigenvalue weighted by Crippen LogP contribution is -2.32. The van der Waals surface area contributed by atoms with Crippen LogP contribution in [0.3, 0.4) is 0 Å². The topological polar surface area (TPSA) is 33.4 Å². The minimum atomic E-state index is 0.947. The molecule has 1 aliphatic heterocycles. The maximum absolute atomic E-state index is 4.76. The van der Waals surface area contributed by atoms with Crippen LogP contribution in [0.25, 0.3) is 0 Å². The van der Waals surface area contributed by atoms with Gasteiger partial charge in [-0.3, -0.25) is 4.99 Å². The zero-order chi connectivity index (χ0) is 15.9. The van der Waals surface area contributed by atoms with Crippen molar-refractivity contribution in [2.24, 2.45) is 4.99 Å². The summed E-state index contributed by atoms with van der Waals surface area (Å²) in [5.74, 6) is 1.19. The monoisotopic (exact) mass is 328 g/mol. The molecule has 0 aliphatic carbocycles. The molecule has 0 saturated heterocycles. The molecule has 122 valence electrons. The van der Waals surface area contributed by atoms with Gasteiger partial charge in [0.1, 0.15) is 0 Å². The fourth-order valence-corrected chi connectivity index (χ4v) is 3.72. The second-order valence-corrected chi connectivity index (χ2v) is 6.93. The number of rotatable bonds is 6. The molecule has 1 aliphatic rings. The fraction of sp³-hybridized carbons (Fsp3) is 0.444. The van der Waals surface area contributed by atoms with Crippen molar-refractivity contribution in [2.75, 3.05) is 18.8 Å². The van der Waals surface area contributed by atoms with Gasteiger partial charge in [0, 0.05) is 44.3 Å². The van der Waals surface area contributed by atoms with Crippen LogP contribution in [0.15, 0.2) is 48.0 Å². The highest BCUT2D eigenvalue weighted by atomic mass is 32.2. The number of hydrogen-bond donors (Lipinski definition) is 0. The first-order chi connectivity index (χ1) is 11.3. The molecule has 4 nitrogen and oxygen atoms in total. The van der Waals surface area contributed by atoms with Gasteiger partial charge in [-0.05, 0) is 30.9 Å². The first-order valence-corrected chi connectivity index (χ1v) is 9.24. The van der Waals surface area contributed by atoms with E-state index >= 15 is 0 Å². The van der Waals surface area contributed by atoms with Crippen LogP contribution < -0.4 is 0 Å². The molecule has 0 amide bonds. The quantitative estimate of drug-likeness (QED) is 0.813. The molecule has 0 N–H and O–H groups in total. The van der Waals surface area contributed by atoms with Crippen LogP contribution in [0.5, 0.6) is 0 Å². The number of aryl methyl sites for hydroxylation is 2. The van der Waals surface area contributed by atoms with Crippen LogP contribution in [0.2, 0.25) is 0 Å². The Morgan fingerprint density at radius 1 is 1.30 bits per heavy atom. The molecular formula is C18H24N4S. The summed E-state index contributed by atoms with van der Waals surface area (Å²) in [4.78, 5) is 11.3. The summed E-state index contributed by atoms with van der Waals surface area (Å²) in [6.45, 7) is 6.13. The van der Waals surface area contributed by atoms with E-state index in [-0.39, 0.29) is 0 Å². The van der Waals surface area contributed by atoms with Crippen molar-refractivity contribution < 1.29 is 0 Å². The Morgan fingerprint density at radius 3 is 2.96 bits per heavy atom. The molecule has 0 spiro atoms. The average molecular weight is 328 g/mol. The largest absolute Gasteiger partial charge is 0.347 e. The molecule has 0 saturated carbocycles. The lowest BCUT2D eigenvalue weighted by Gasteiger charge is -2.28. The molecule has 5 heteroatoms. The van der Waals surface area contributed by atoms with E-state index in [1.807, 2.05) is 30.5 Å². The van der Waals surface area contributed by atoms with Gasteiger partial charge in [-0.25, -0.2) is 4.98 Å². The zero-order valence-corrected chi connectivity index (χ0v) is 14.5. The van der Waals surface area contributed by atoms with Gasteiger partial charge in [-0.2, -0.15) is 0 Å². The predicted molar refractivity (Wildman–Crippen MR) is 97.8 cm³/mol. The second-order valence-electron chi connectivity index (χ2n) is 5.87. The molecule has 0 bridgehead atoms. The molecular weight excluding hydrogens is 304 g/mol. The Bertz CT molecular complexity index is 636. The average Bonchev–Trinajstić information content (AvgIpc) is 3.10. The minimum absolute atomic E-state index is 0.947. The predicted octanol–water partition coefficient (Wildman–Crippen LogP) is 3.58. The second kappa shape index (κ2) is 8.20. The standard InChI is InChI=1S/C18H24N4S/c1-16-6-2-3-7-17(16)14-22(18-20-8-4-13-23-18)11-5-10-21-12-9-19-15-21/h2-3,6-7,9,12,15H,4-5,8,10-11,13-14H2,1H3. The number of imidazole rings is 1. The van der Waals surface area contributed by atoms with E-state index in [1.54, 1.807) is 0 Å². The Morgan fingerprint density at radius 2 is 2.22 bits per heavy atom. The summed E-state index contributed by atoms with van der Waals surface area (Å²) in [6.07, 6.45) is 8.05. The van der Waals surface area contributed by atoms with Crippen LogP contribution >= 0.6 is 11.8 Å². The van der Waals surface area contributed by atoms with Gasteiger partial charge >= 0.3 is 0 Å². The maximum atomic E-state index is 4.76. The number of thioether (sulfide) groups is 1. The summed E-state index contributed by atoms with van der Waals surface area (Å²) in [6, 6.07) is 8.65. The van der Waals surface area contributed by atoms with E-state index in [0.717, 1.165) is 32.6 Å². The summed E-state index contributed by atoms with van der Waals surface area (Å²) < 4.78 is 2.14. The highest BCUT2D eigenvalue weighted by Crippen LogP contribution is 2.20. The molecule has 1 aromatic heterocycles. The minimum Gasteiger partial charge on any atom is -0.347 e. The maximum Gasteiger partial charge on any atom is 0.159 e. The van der Waals surface area contributed by atoms with Crippen molar-refractivity contribution in [3.63, 3.8) is 0 Å². The molecule has 0 atom stereocenters. The molecule has 2 heterocycles. The Kier molecular flexibility index (Phi) is 5.75. The van der Waals surface area contributed by atoms with Crippen molar-refractivity contribution >= 4 is 16.9 Å². The van der Waals surface area contributed by atoms with Gasteiger partial charge in [0.15, 0.2) is 5.17 Å². The van der Waals surface area contributed by atoms with Crippen LogP contribution in [-0.2, 0) is 13.1 Å². The van der Waals surface area contributed by atoms with Gasteiger partial charge < -0.3 is 9.47 Å². The number of hydrogen-bond acceptors (Lipinski definition) is 4. The van der Waals surface area contributed by atoms with Gasteiger partial charge in [-0.1, -0.05) is 36.0 Å². The van der Waals surface area contributed by atoms with Crippen LogP contribution in [0, 0.1) is 6.92 Å². The normalized spacial score (nSPS) is 14.6. The van der Waals surface area contributed by atoms with Gasteiger partial charge in [0.25, 0.3) is 0 Å².